The summed E-state index contributed by atoms with van der Waals surface area (Å²) in [6.45, 7) is 0. The average Bonchev–Trinajstić information content (AvgIpc) is 2.36. The highest BCUT2D eigenvalue weighted by atomic mass is 16.5. The lowest BCUT2D eigenvalue weighted by atomic mass is 9.82. The first kappa shape index (κ1) is 11.3. The summed E-state index contributed by atoms with van der Waals surface area (Å²) in [7, 11) is 1.31. The van der Waals surface area contributed by atoms with Crippen LogP contribution in [0.3, 0.4) is 0 Å². The minimum absolute atomic E-state index is 0.0638. The van der Waals surface area contributed by atoms with E-state index in [1.807, 2.05) is 6.07 Å². The van der Waals surface area contributed by atoms with Gasteiger partial charge in [0.05, 0.1) is 24.7 Å². The van der Waals surface area contributed by atoms with Crippen molar-refractivity contribution < 1.29 is 14.3 Å². The van der Waals surface area contributed by atoms with Crippen LogP contribution in [-0.4, -0.2) is 18.9 Å². The van der Waals surface area contributed by atoms with Crippen LogP contribution in [0.25, 0.3) is 0 Å². The predicted octanol–water partition coefficient (Wildman–Crippen LogP) is 1.48. The van der Waals surface area contributed by atoms with E-state index in [1.165, 1.54) is 7.11 Å². The van der Waals surface area contributed by atoms with Gasteiger partial charge in [0.2, 0.25) is 0 Å². The van der Waals surface area contributed by atoms with Crippen LogP contribution in [-0.2, 0) is 16.0 Å². The molecule has 0 heterocycles. The maximum absolute atomic E-state index is 11.8. The molecular weight excluding hydrogens is 218 g/mol. The number of Topliss-reactive ketones (excluding diaryl/α,β-unsaturated/α-hetero) is 1. The molecule has 0 N–H and O–H groups in total. The Morgan fingerprint density at radius 1 is 1.47 bits per heavy atom. The lowest BCUT2D eigenvalue weighted by Gasteiger charge is -2.21. The van der Waals surface area contributed by atoms with Gasteiger partial charge in [-0.05, 0) is 30.2 Å². The van der Waals surface area contributed by atoms with Crippen molar-refractivity contribution in [3.05, 3.63) is 34.9 Å². The zero-order valence-corrected chi connectivity index (χ0v) is 9.40. The van der Waals surface area contributed by atoms with E-state index in [-0.39, 0.29) is 18.2 Å². The normalized spacial score (nSPS) is 18.1. The van der Waals surface area contributed by atoms with Gasteiger partial charge in [-0.25, -0.2) is 0 Å². The molecular formula is C13H11NO3. The van der Waals surface area contributed by atoms with Crippen LogP contribution in [0.1, 0.15) is 27.9 Å². The largest absolute Gasteiger partial charge is 0.469 e. The first-order chi connectivity index (χ1) is 8.15. The van der Waals surface area contributed by atoms with Gasteiger partial charge in [-0.1, -0.05) is 0 Å². The quantitative estimate of drug-likeness (QED) is 0.684. The highest BCUT2D eigenvalue weighted by molar-refractivity contribution is 6.01. The second-order valence-corrected chi connectivity index (χ2v) is 4.04. The topological polar surface area (TPSA) is 67.2 Å². The Bertz CT molecular complexity index is 528. The third kappa shape index (κ3) is 2.04. The molecule has 2 rings (SSSR count). The second-order valence-electron chi connectivity index (χ2n) is 4.04. The van der Waals surface area contributed by atoms with Crippen LogP contribution >= 0.6 is 0 Å². The number of methoxy groups -OCH3 is 1. The number of nitrogens with zero attached hydrogens (tertiary/aromatic N) is 1. The van der Waals surface area contributed by atoms with Gasteiger partial charge in [0.15, 0.2) is 5.78 Å². The number of carbonyl (C=O) groups is 2. The van der Waals surface area contributed by atoms with E-state index in [9.17, 15) is 9.59 Å². The van der Waals surface area contributed by atoms with Crippen molar-refractivity contribution in [2.45, 2.75) is 12.8 Å². The molecule has 0 fully saturated rings. The minimum atomic E-state index is -0.422. The number of nitriles is 1. The van der Waals surface area contributed by atoms with Crippen LogP contribution in [0.15, 0.2) is 18.2 Å². The van der Waals surface area contributed by atoms with E-state index in [0.717, 1.165) is 5.56 Å². The Hall–Kier alpha value is -2.15. The Morgan fingerprint density at radius 3 is 2.88 bits per heavy atom. The molecule has 0 radical (unpaired) electrons. The fourth-order valence-corrected chi connectivity index (χ4v) is 2.11. The molecule has 0 bridgehead atoms. The molecule has 1 atom stereocenters. The van der Waals surface area contributed by atoms with Gasteiger partial charge in [-0.2, -0.15) is 5.26 Å². The summed E-state index contributed by atoms with van der Waals surface area (Å²) in [6.07, 6.45) is 0.648. The van der Waals surface area contributed by atoms with Gasteiger partial charge in [0, 0.05) is 12.0 Å². The number of rotatable bonds is 1. The van der Waals surface area contributed by atoms with Crippen molar-refractivity contribution in [2.75, 3.05) is 7.11 Å². The molecule has 0 saturated carbocycles. The number of hydrogen-bond donors (Lipinski definition) is 0. The van der Waals surface area contributed by atoms with Crippen LogP contribution in [0.5, 0.6) is 0 Å². The number of carbonyl (C=O) groups excluding carboxylic acids is 2. The number of ketones is 1. The average molecular weight is 229 g/mol. The summed E-state index contributed by atoms with van der Waals surface area (Å²) in [5.74, 6) is -0.855. The van der Waals surface area contributed by atoms with Crippen LogP contribution in [0, 0.1) is 17.2 Å². The van der Waals surface area contributed by atoms with E-state index in [1.54, 1.807) is 18.2 Å². The van der Waals surface area contributed by atoms with E-state index < -0.39 is 5.92 Å². The van der Waals surface area contributed by atoms with Crippen molar-refractivity contribution in [2.24, 2.45) is 5.92 Å². The lowest BCUT2D eigenvalue weighted by molar-refractivity contribution is -0.145. The van der Waals surface area contributed by atoms with E-state index in [0.29, 0.717) is 17.5 Å². The van der Waals surface area contributed by atoms with E-state index in [4.69, 9.17) is 5.26 Å². The molecule has 1 aromatic rings. The summed E-state index contributed by atoms with van der Waals surface area (Å²) >= 11 is 0. The molecule has 0 aromatic heterocycles. The van der Waals surface area contributed by atoms with Crippen molar-refractivity contribution in [1.82, 2.24) is 0 Å². The molecule has 4 nitrogen and oxygen atoms in total. The highest BCUT2D eigenvalue weighted by Crippen LogP contribution is 2.27. The zero-order valence-electron chi connectivity index (χ0n) is 9.40. The Labute approximate surface area is 98.8 Å². The number of hydrogen-bond acceptors (Lipinski definition) is 4. The Balaban J connectivity index is 2.37. The summed E-state index contributed by atoms with van der Waals surface area (Å²) in [4.78, 5) is 23.3. The van der Waals surface area contributed by atoms with Crippen LogP contribution < -0.4 is 0 Å². The van der Waals surface area contributed by atoms with Crippen molar-refractivity contribution in [1.29, 1.82) is 5.26 Å². The molecule has 1 aliphatic carbocycles. The first-order valence-electron chi connectivity index (χ1n) is 5.29. The standard InChI is InChI=1S/C13H11NO3/c1-17-13(16)10-5-9-4-8(7-14)2-3-11(9)12(15)6-10/h2-4,10H,5-6H2,1H3. The molecule has 17 heavy (non-hydrogen) atoms. The number of benzene rings is 1. The predicted molar refractivity (Wildman–Crippen MR) is 59.3 cm³/mol. The van der Waals surface area contributed by atoms with Gasteiger partial charge in [-0.3, -0.25) is 9.59 Å². The number of ether oxygens (including phenoxy) is 1. The molecule has 86 valence electrons. The summed E-state index contributed by atoms with van der Waals surface area (Å²) in [5.41, 5.74) is 1.88. The minimum Gasteiger partial charge on any atom is -0.469 e. The van der Waals surface area contributed by atoms with Crippen LogP contribution in [0.2, 0.25) is 0 Å². The van der Waals surface area contributed by atoms with Gasteiger partial charge in [-0.15, -0.1) is 0 Å². The third-order valence-electron chi connectivity index (χ3n) is 2.97. The second kappa shape index (κ2) is 4.38. The summed E-state index contributed by atoms with van der Waals surface area (Å²) < 4.78 is 4.65. The fourth-order valence-electron chi connectivity index (χ4n) is 2.11. The fraction of sp³-hybridized carbons (Fsp3) is 0.308. The zero-order chi connectivity index (χ0) is 12.4. The molecule has 0 saturated heterocycles. The van der Waals surface area contributed by atoms with Crippen molar-refractivity contribution >= 4 is 11.8 Å². The number of esters is 1. The molecule has 4 heteroatoms. The van der Waals surface area contributed by atoms with Crippen molar-refractivity contribution in [3.8, 4) is 6.07 Å². The van der Waals surface area contributed by atoms with Gasteiger partial charge in [0.1, 0.15) is 0 Å². The van der Waals surface area contributed by atoms with Gasteiger partial charge in [0.25, 0.3) is 0 Å². The van der Waals surface area contributed by atoms with Crippen LogP contribution in [0.4, 0.5) is 0 Å². The highest BCUT2D eigenvalue weighted by Gasteiger charge is 2.30. The maximum Gasteiger partial charge on any atom is 0.309 e. The molecule has 0 spiro atoms. The number of fused-ring (bicyclic) bond motifs is 1. The summed E-state index contributed by atoms with van der Waals surface area (Å²) in [5, 5.41) is 8.80. The molecule has 1 unspecified atom stereocenters. The Morgan fingerprint density at radius 2 is 2.24 bits per heavy atom. The third-order valence-corrected chi connectivity index (χ3v) is 2.97. The molecule has 1 aliphatic rings. The Kier molecular flexibility index (Phi) is 2.92. The van der Waals surface area contributed by atoms with E-state index in [2.05, 4.69) is 4.74 Å². The molecule has 1 aromatic carbocycles. The van der Waals surface area contributed by atoms with Crippen molar-refractivity contribution in [3.63, 3.8) is 0 Å². The molecule has 0 amide bonds. The lowest BCUT2D eigenvalue weighted by Crippen LogP contribution is -2.27. The monoisotopic (exact) mass is 229 g/mol. The smallest absolute Gasteiger partial charge is 0.309 e. The van der Waals surface area contributed by atoms with Gasteiger partial charge < -0.3 is 4.74 Å². The maximum atomic E-state index is 11.8. The van der Waals surface area contributed by atoms with E-state index >= 15 is 0 Å². The van der Waals surface area contributed by atoms with Gasteiger partial charge >= 0.3 is 5.97 Å². The first-order valence-corrected chi connectivity index (χ1v) is 5.29. The SMILES string of the molecule is COC(=O)C1CC(=O)c2ccc(C#N)cc2C1. The molecule has 0 aliphatic heterocycles. The summed E-state index contributed by atoms with van der Waals surface area (Å²) in [6, 6.07) is 6.97.